The molecule has 26 heavy (non-hydrogen) atoms. The van der Waals surface area contributed by atoms with Gasteiger partial charge >= 0.3 is 5.97 Å². The molecule has 1 fully saturated rings. The number of esters is 1. The van der Waals surface area contributed by atoms with Crippen LogP contribution in [0.25, 0.3) is 6.08 Å². The maximum Gasteiger partial charge on any atom is 0.331 e. The molecule has 0 saturated carbocycles. The van der Waals surface area contributed by atoms with Gasteiger partial charge in [-0.2, -0.15) is 0 Å². The van der Waals surface area contributed by atoms with Crippen LogP contribution in [0.1, 0.15) is 32.3 Å². The highest BCUT2D eigenvalue weighted by molar-refractivity contribution is 7.91. The molecule has 1 heterocycles. The van der Waals surface area contributed by atoms with E-state index in [0.717, 1.165) is 5.56 Å². The molecule has 0 bridgehead atoms. The molecule has 0 unspecified atom stereocenters. The number of sulfone groups is 1. The van der Waals surface area contributed by atoms with Gasteiger partial charge in [-0.1, -0.05) is 37.3 Å². The number of carbonyl (C=O) groups excluding carboxylic acids is 2. The monoisotopic (exact) mass is 379 g/mol. The van der Waals surface area contributed by atoms with Gasteiger partial charge in [0, 0.05) is 18.2 Å². The van der Waals surface area contributed by atoms with Crippen LogP contribution in [0.2, 0.25) is 0 Å². The van der Waals surface area contributed by atoms with Crippen LogP contribution in [-0.4, -0.2) is 55.4 Å². The first-order chi connectivity index (χ1) is 12.3. The van der Waals surface area contributed by atoms with E-state index in [1.54, 1.807) is 11.0 Å². The van der Waals surface area contributed by atoms with Crippen molar-refractivity contribution in [2.45, 2.75) is 38.8 Å². The quantitative estimate of drug-likeness (QED) is 0.535. The van der Waals surface area contributed by atoms with Gasteiger partial charge in [0.25, 0.3) is 5.91 Å². The van der Waals surface area contributed by atoms with Gasteiger partial charge in [-0.05, 0) is 31.4 Å². The number of hydrogen-bond donors (Lipinski definition) is 0. The van der Waals surface area contributed by atoms with Crippen molar-refractivity contribution in [1.29, 1.82) is 0 Å². The van der Waals surface area contributed by atoms with E-state index >= 15 is 0 Å². The molecule has 6 nitrogen and oxygen atoms in total. The van der Waals surface area contributed by atoms with E-state index in [4.69, 9.17) is 4.74 Å². The summed E-state index contributed by atoms with van der Waals surface area (Å²) in [5.74, 6) is -0.893. The summed E-state index contributed by atoms with van der Waals surface area (Å²) in [5.41, 5.74) is 0.855. The molecule has 0 N–H and O–H groups in total. The van der Waals surface area contributed by atoms with E-state index in [2.05, 4.69) is 0 Å². The summed E-state index contributed by atoms with van der Waals surface area (Å²) in [6.07, 6.45) is 4.02. The van der Waals surface area contributed by atoms with Crippen LogP contribution in [0, 0.1) is 0 Å². The second kappa shape index (κ2) is 8.98. The number of carbonyl (C=O) groups is 2. The standard InChI is InChI=1S/C19H25NO5S/c1-3-15(2)20(17-11-12-26(23,24)14-17)18(21)13-25-19(22)10-9-16-7-5-4-6-8-16/h4-10,15,17H,3,11-14H2,1-2H3/b10-9+/t15-,17+/m1/s1. The fourth-order valence-electron chi connectivity index (χ4n) is 2.98. The maximum absolute atomic E-state index is 12.6. The highest BCUT2D eigenvalue weighted by Gasteiger charge is 2.36. The molecule has 7 heteroatoms. The van der Waals surface area contributed by atoms with Crippen molar-refractivity contribution in [3.8, 4) is 0 Å². The minimum absolute atomic E-state index is 0.0229. The van der Waals surface area contributed by atoms with Crippen molar-refractivity contribution in [3.05, 3.63) is 42.0 Å². The van der Waals surface area contributed by atoms with Crippen LogP contribution in [0.15, 0.2) is 36.4 Å². The van der Waals surface area contributed by atoms with Crippen molar-refractivity contribution >= 4 is 27.8 Å². The summed E-state index contributed by atoms with van der Waals surface area (Å²) in [6.45, 7) is 3.42. The molecule has 1 aromatic rings. The first-order valence-electron chi connectivity index (χ1n) is 8.74. The first kappa shape index (κ1) is 20.2. The number of amides is 1. The van der Waals surface area contributed by atoms with Crippen LogP contribution in [-0.2, 0) is 24.2 Å². The van der Waals surface area contributed by atoms with Crippen molar-refractivity contribution in [1.82, 2.24) is 4.90 Å². The Morgan fingerprint density at radius 2 is 2.00 bits per heavy atom. The maximum atomic E-state index is 12.6. The summed E-state index contributed by atoms with van der Waals surface area (Å²) >= 11 is 0. The Bertz CT molecular complexity index is 757. The molecule has 1 aromatic carbocycles. The zero-order valence-electron chi connectivity index (χ0n) is 15.1. The third kappa shape index (κ3) is 5.69. The fraction of sp³-hybridized carbons (Fsp3) is 0.474. The average molecular weight is 379 g/mol. The molecule has 0 aromatic heterocycles. The summed E-state index contributed by atoms with van der Waals surface area (Å²) < 4.78 is 28.5. The van der Waals surface area contributed by atoms with Crippen LogP contribution < -0.4 is 0 Å². The molecule has 1 aliphatic heterocycles. The summed E-state index contributed by atoms with van der Waals surface area (Å²) in [5, 5.41) is 0. The number of rotatable bonds is 7. The number of nitrogens with zero attached hydrogens (tertiary/aromatic N) is 1. The molecule has 1 aliphatic rings. The van der Waals surface area contributed by atoms with E-state index in [-0.39, 0.29) is 29.5 Å². The summed E-state index contributed by atoms with van der Waals surface area (Å²) in [6, 6.07) is 8.82. The Morgan fingerprint density at radius 1 is 1.31 bits per heavy atom. The Labute approximate surface area is 154 Å². The van der Waals surface area contributed by atoms with E-state index in [1.165, 1.54) is 6.08 Å². The van der Waals surface area contributed by atoms with Crippen LogP contribution >= 0.6 is 0 Å². The van der Waals surface area contributed by atoms with Gasteiger partial charge in [0.2, 0.25) is 0 Å². The van der Waals surface area contributed by atoms with Crippen molar-refractivity contribution in [3.63, 3.8) is 0 Å². The molecular formula is C19H25NO5S. The van der Waals surface area contributed by atoms with Crippen molar-refractivity contribution in [2.24, 2.45) is 0 Å². The second-order valence-electron chi connectivity index (χ2n) is 6.47. The average Bonchev–Trinajstić information content (AvgIpc) is 2.98. The lowest BCUT2D eigenvalue weighted by molar-refractivity contribution is -0.150. The molecule has 0 spiro atoms. The normalized spacial score (nSPS) is 20.0. The van der Waals surface area contributed by atoms with Gasteiger partial charge < -0.3 is 9.64 Å². The van der Waals surface area contributed by atoms with E-state index < -0.39 is 22.4 Å². The Balaban J connectivity index is 1.94. The van der Waals surface area contributed by atoms with E-state index in [9.17, 15) is 18.0 Å². The van der Waals surface area contributed by atoms with E-state index in [1.807, 2.05) is 44.2 Å². The molecule has 2 atom stereocenters. The predicted molar refractivity (Wildman–Crippen MR) is 100 cm³/mol. The van der Waals surface area contributed by atoms with Gasteiger partial charge in [0.05, 0.1) is 11.5 Å². The highest BCUT2D eigenvalue weighted by atomic mass is 32.2. The molecule has 2 rings (SSSR count). The Morgan fingerprint density at radius 3 is 2.58 bits per heavy atom. The Hall–Kier alpha value is -2.15. The lowest BCUT2D eigenvalue weighted by Crippen LogP contribution is -2.48. The third-order valence-electron chi connectivity index (χ3n) is 4.50. The first-order valence-corrected chi connectivity index (χ1v) is 10.6. The molecule has 0 aliphatic carbocycles. The highest BCUT2D eigenvalue weighted by Crippen LogP contribution is 2.21. The molecule has 1 amide bonds. The Kier molecular flexibility index (Phi) is 6.97. The fourth-order valence-corrected chi connectivity index (χ4v) is 4.70. The summed E-state index contributed by atoms with van der Waals surface area (Å²) in [4.78, 5) is 25.9. The molecular weight excluding hydrogens is 354 g/mol. The smallest absolute Gasteiger partial charge is 0.331 e. The van der Waals surface area contributed by atoms with Gasteiger partial charge in [0.1, 0.15) is 0 Å². The molecule has 1 saturated heterocycles. The number of ether oxygens (including phenoxy) is 1. The lowest BCUT2D eigenvalue weighted by Gasteiger charge is -2.33. The van der Waals surface area contributed by atoms with Crippen LogP contribution in [0.5, 0.6) is 0 Å². The number of hydrogen-bond acceptors (Lipinski definition) is 5. The molecule has 142 valence electrons. The van der Waals surface area contributed by atoms with E-state index in [0.29, 0.717) is 12.8 Å². The largest absolute Gasteiger partial charge is 0.452 e. The summed E-state index contributed by atoms with van der Waals surface area (Å²) in [7, 11) is -3.10. The minimum Gasteiger partial charge on any atom is -0.452 e. The van der Waals surface area contributed by atoms with Crippen molar-refractivity contribution < 1.29 is 22.7 Å². The third-order valence-corrected chi connectivity index (χ3v) is 6.26. The van der Waals surface area contributed by atoms with Gasteiger partial charge in [-0.3, -0.25) is 4.79 Å². The number of benzene rings is 1. The second-order valence-corrected chi connectivity index (χ2v) is 8.70. The zero-order valence-corrected chi connectivity index (χ0v) is 15.9. The zero-order chi connectivity index (χ0) is 19.2. The van der Waals surface area contributed by atoms with Crippen LogP contribution in [0.3, 0.4) is 0 Å². The van der Waals surface area contributed by atoms with Crippen molar-refractivity contribution in [2.75, 3.05) is 18.1 Å². The topological polar surface area (TPSA) is 80.8 Å². The SMILES string of the molecule is CC[C@@H](C)N(C(=O)COC(=O)/C=C/c1ccccc1)[C@H]1CCS(=O)(=O)C1. The van der Waals surface area contributed by atoms with Gasteiger partial charge in [-0.25, -0.2) is 13.2 Å². The predicted octanol–water partition coefficient (Wildman–Crippen LogP) is 2.06. The van der Waals surface area contributed by atoms with Gasteiger partial charge in [-0.15, -0.1) is 0 Å². The minimum atomic E-state index is -3.10. The van der Waals surface area contributed by atoms with Crippen LogP contribution in [0.4, 0.5) is 0 Å². The lowest BCUT2D eigenvalue weighted by atomic mass is 10.1. The molecule has 0 radical (unpaired) electrons. The van der Waals surface area contributed by atoms with Gasteiger partial charge in [0.15, 0.2) is 16.4 Å².